The molecule has 29 heavy (non-hydrogen) atoms. The molecule has 0 fully saturated rings. The number of anilines is 1. The number of aryl methyl sites for hydroxylation is 1. The fourth-order valence-corrected chi connectivity index (χ4v) is 2.90. The van der Waals surface area contributed by atoms with E-state index in [0.29, 0.717) is 11.4 Å². The van der Waals surface area contributed by atoms with Crippen LogP contribution in [0.15, 0.2) is 36.4 Å². The first-order valence-corrected chi connectivity index (χ1v) is 9.11. The highest BCUT2D eigenvalue weighted by molar-refractivity contribution is 6.32. The van der Waals surface area contributed by atoms with Gasteiger partial charge in [0, 0.05) is 12.2 Å². The maximum atomic E-state index is 12.6. The topological polar surface area (TPSA) is 88.9 Å². The van der Waals surface area contributed by atoms with Crippen LogP contribution in [0.2, 0.25) is 5.02 Å². The van der Waals surface area contributed by atoms with Crippen molar-refractivity contribution in [2.24, 2.45) is 0 Å². The quantitative estimate of drug-likeness (QED) is 0.608. The summed E-state index contributed by atoms with van der Waals surface area (Å²) >= 11 is 6.10. The molecule has 0 saturated carbocycles. The number of rotatable bonds is 8. The molecule has 0 aromatic heterocycles. The third-order valence-electron chi connectivity index (χ3n) is 4.09. The molecule has 2 rings (SSSR count). The number of carbonyl (C=O) groups is 2. The van der Waals surface area contributed by atoms with Gasteiger partial charge in [0.25, 0.3) is 5.91 Å². The smallest absolute Gasteiger partial charge is 0.338 e. The molecule has 7 nitrogen and oxygen atoms in total. The van der Waals surface area contributed by atoms with Gasteiger partial charge in [-0.25, -0.2) is 4.79 Å². The predicted molar refractivity (Wildman–Crippen MR) is 109 cm³/mol. The standard InChI is InChI=1S/C21H21ClN2O5/c1-14-5-7-16(8-6-14)24(10-4-9-23)19(25)13-29-21(26)15-11-17(22)20(28-3)18(12-15)27-2/h5-8,11-12H,4,10,13H2,1-3H3. The first kappa shape index (κ1) is 22.1. The maximum absolute atomic E-state index is 12.6. The molecular formula is C21H21ClN2O5. The summed E-state index contributed by atoms with van der Waals surface area (Å²) in [6.45, 7) is 1.64. The van der Waals surface area contributed by atoms with Crippen LogP contribution in [-0.4, -0.2) is 39.2 Å². The lowest BCUT2D eigenvalue weighted by Crippen LogP contribution is -2.35. The number of esters is 1. The van der Waals surface area contributed by atoms with Gasteiger partial charge in [-0.3, -0.25) is 4.79 Å². The Morgan fingerprint density at radius 3 is 2.41 bits per heavy atom. The van der Waals surface area contributed by atoms with Crippen LogP contribution < -0.4 is 14.4 Å². The first-order chi connectivity index (χ1) is 13.9. The number of amides is 1. The molecule has 0 atom stereocenters. The van der Waals surface area contributed by atoms with E-state index in [1.54, 1.807) is 12.1 Å². The highest BCUT2D eigenvalue weighted by Gasteiger charge is 2.20. The van der Waals surface area contributed by atoms with Gasteiger partial charge in [0.05, 0.1) is 37.3 Å². The number of hydrogen-bond donors (Lipinski definition) is 0. The van der Waals surface area contributed by atoms with Crippen molar-refractivity contribution < 1.29 is 23.8 Å². The summed E-state index contributed by atoms with van der Waals surface area (Å²) in [6.07, 6.45) is 0.152. The second-order valence-electron chi connectivity index (χ2n) is 6.06. The van der Waals surface area contributed by atoms with Crippen LogP contribution in [0.3, 0.4) is 0 Å². The summed E-state index contributed by atoms with van der Waals surface area (Å²) in [7, 11) is 2.85. The van der Waals surface area contributed by atoms with Crippen molar-refractivity contribution in [3.05, 3.63) is 52.5 Å². The lowest BCUT2D eigenvalue weighted by molar-refractivity contribution is -0.121. The fraction of sp³-hybridized carbons (Fsp3) is 0.286. The Hall–Kier alpha value is -3.24. The van der Waals surface area contributed by atoms with Crippen LogP contribution in [-0.2, 0) is 9.53 Å². The lowest BCUT2D eigenvalue weighted by Gasteiger charge is -2.22. The van der Waals surface area contributed by atoms with E-state index in [-0.39, 0.29) is 29.3 Å². The molecule has 0 saturated heterocycles. The molecule has 0 unspecified atom stereocenters. The third kappa shape index (κ3) is 5.62. The van der Waals surface area contributed by atoms with Gasteiger partial charge in [0.2, 0.25) is 0 Å². The Morgan fingerprint density at radius 1 is 1.14 bits per heavy atom. The van der Waals surface area contributed by atoms with E-state index in [1.165, 1.54) is 31.3 Å². The minimum Gasteiger partial charge on any atom is -0.493 e. The molecule has 1 amide bonds. The van der Waals surface area contributed by atoms with Crippen molar-refractivity contribution in [2.45, 2.75) is 13.3 Å². The minimum atomic E-state index is -0.731. The van der Waals surface area contributed by atoms with Gasteiger partial charge >= 0.3 is 5.97 Å². The molecule has 0 aliphatic carbocycles. The van der Waals surface area contributed by atoms with E-state index in [2.05, 4.69) is 0 Å². The van der Waals surface area contributed by atoms with Gasteiger partial charge in [0.15, 0.2) is 18.1 Å². The van der Waals surface area contributed by atoms with Gasteiger partial charge in [0.1, 0.15) is 0 Å². The van der Waals surface area contributed by atoms with Gasteiger partial charge in [-0.05, 0) is 31.2 Å². The molecule has 0 N–H and O–H groups in total. The predicted octanol–water partition coefficient (Wildman–Crippen LogP) is 3.77. The van der Waals surface area contributed by atoms with Crippen molar-refractivity contribution in [3.63, 3.8) is 0 Å². The third-order valence-corrected chi connectivity index (χ3v) is 4.37. The van der Waals surface area contributed by atoms with Crippen molar-refractivity contribution in [1.82, 2.24) is 0 Å². The van der Waals surface area contributed by atoms with Gasteiger partial charge in [-0.15, -0.1) is 0 Å². The van der Waals surface area contributed by atoms with Crippen molar-refractivity contribution in [2.75, 3.05) is 32.3 Å². The van der Waals surface area contributed by atoms with E-state index < -0.39 is 18.5 Å². The minimum absolute atomic E-state index is 0.124. The van der Waals surface area contributed by atoms with E-state index in [9.17, 15) is 9.59 Å². The van der Waals surface area contributed by atoms with Crippen LogP contribution in [0.1, 0.15) is 22.3 Å². The summed E-state index contributed by atoms with van der Waals surface area (Å²) in [6, 6.07) is 12.1. The van der Waals surface area contributed by atoms with Gasteiger partial charge < -0.3 is 19.1 Å². The number of methoxy groups -OCH3 is 2. The van der Waals surface area contributed by atoms with Gasteiger partial charge in [-0.2, -0.15) is 5.26 Å². The molecule has 2 aromatic rings. The van der Waals surface area contributed by atoms with E-state index >= 15 is 0 Å². The Kier molecular flexibility index (Phi) is 7.87. The van der Waals surface area contributed by atoms with Crippen LogP contribution in [0, 0.1) is 18.3 Å². The summed E-state index contributed by atoms with van der Waals surface area (Å²) in [4.78, 5) is 26.4. The highest BCUT2D eigenvalue weighted by atomic mass is 35.5. The summed E-state index contributed by atoms with van der Waals surface area (Å²) in [5.41, 5.74) is 1.79. The monoisotopic (exact) mass is 416 g/mol. The highest BCUT2D eigenvalue weighted by Crippen LogP contribution is 2.36. The zero-order valence-corrected chi connectivity index (χ0v) is 17.2. The molecule has 0 heterocycles. The van der Waals surface area contributed by atoms with Crippen LogP contribution in [0.4, 0.5) is 5.69 Å². The second kappa shape index (κ2) is 10.3. The molecule has 2 aromatic carbocycles. The Balaban J connectivity index is 2.12. The largest absolute Gasteiger partial charge is 0.493 e. The van der Waals surface area contributed by atoms with Crippen LogP contribution >= 0.6 is 11.6 Å². The molecule has 152 valence electrons. The molecule has 0 aliphatic rings. The molecule has 0 bridgehead atoms. The number of halogens is 1. The summed E-state index contributed by atoms with van der Waals surface area (Å²) in [5.74, 6) is -0.605. The fourth-order valence-electron chi connectivity index (χ4n) is 2.61. The SMILES string of the molecule is COc1cc(C(=O)OCC(=O)N(CCC#N)c2ccc(C)cc2)cc(Cl)c1OC. The molecule has 8 heteroatoms. The number of nitrogens with zero attached hydrogens (tertiary/aromatic N) is 2. The van der Waals surface area contributed by atoms with Gasteiger partial charge in [-0.1, -0.05) is 29.3 Å². The first-order valence-electron chi connectivity index (χ1n) is 8.73. The van der Waals surface area contributed by atoms with Crippen molar-refractivity contribution >= 4 is 29.2 Å². The van der Waals surface area contributed by atoms with Crippen LogP contribution in [0.5, 0.6) is 11.5 Å². The molecule has 0 spiro atoms. The lowest BCUT2D eigenvalue weighted by atomic mass is 10.2. The number of nitriles is 1. The average Bonchev–Trinajstić information content (AvgIpc) is 2.72. The zero-order valence-electron chi connectivity index (χ0n) is 16.4. The normalized spacial score (nSPS) is 10.0. The number of carbonyl (C=O) groups excluding carboxylic acids is 2. The molecule has 0 radical (unpaired) electrons. The Morgan fingerprint density at radius 2 is 1.83 bits per heavy atom. The van der Waals surface area contributed by atoms with E-state index in [4.69, 9.17) is 31.1 Å². The summed E-state index contributed by atoms with van der Waals surface area (Å²) < 4.78 is 15.4. The van der Waals surface area contributed by atoms with E-state index in [1.807, 2.05) is 25.1 Å². The Labute approximate surface area is 174 Å². The molecule has 0 aliphatic heterocycles. The summed E-state index contributed by atoms with van der Waals surface area (Å²) in [5, 5.41) is 9.05. The number of benzene rings is 2. The van der Waals surface area contributed by atoms with Crippen molar-refractivity contribution in [3.8, 4) is 17.6 Å². The Bertz CT molecular complexity index is 922. The zero-order chi connectivity index (χ0) is 21.4. The molecular weight excluding hydrogens is 396 g/mol. The number of ether oxygens (including phenoxy) is 3. The average molecular weight is 417 g/mol. The maximum Gasteiger partial charge on any atom is 0.338 e. The number of hydrogen-bond acceptors (Lipinski definition) is 6. The van der Waals surface area contributed by atoms with Crippen molar-refractivity contribution in [1.29, 1.82) is 5.26 Å². The van der Waals surface area contributed by atoms with E-state index in [0.717, 1.165) is 5.56 Å². The second-order valence-corrected chi connectivity index (χ2v) is 6.47. The van der Waals surface area contributed by atoms with Crippen LogP contribution in [0.25, 0.3) is 0 Å².